The third kappa shape index (κ3) is 5.69. The number of carbonyl (C=O) groups is 1. The van der Waals surface area contributed by atoms with Crippen LogP contribution < -0.4 is 4.18 Å². The van der Waals surface area contributed by atoms with E-state index in [0.717, 1.165) is 22.3 Å². The molecule has 0 saturated carbocycles. The van der Waals surface area contributed by atoms with Crippen LogP contribution in [0.2, 0.25) is 5.02 Å². The number of ketones is 1. The maximum Gasteiger partial charge on any atom is 0.313 e. The average molecular weight is 495 g/mol. The first-order valence-corrected chi connectivity index (χ1v) is 13.1. The lowest BCUT2D eigenvalue weighted by atomic mass is 9.91. The molecule has 1 aromatic carbocycles. The summed E-state index contributed by atoms with van der Waals surface area (Å²) in [5, 5.41) is 4.32. The fraction of sp³-hybridized carbons (Fsp3) is 0.520. The van der Waals surface area contributed by atoms with Gasteiger partial charge in [0.2, 0.25) is 11.7 Å². The summed E-state index contributed by atoms with van der Waals surface area (Å²) < 4.78 is 32.7. The van der Waals surface area contributed by atoms with Gasteiger partial charge in [-0.05, 0) is 82.7 Å². The Bertz CT molecular complexity index is 1190. The minimum atomic E-state index is -3.94. The molecule has 182 valence electrons. The van der Waals surface area contributed by atoms with Gasteiger partial charge in [0.15, 0.2) is 0 Å². The van der Waals surface area contributed by atoms with E-state index in [1.165, 1.54) is 4.68 Å². The third-order valence-corrected chi connectivity index (χ3v) is 7.92. The predicted octanol–water partition coefficient (Wildman–Crippen LogP) is 6.36. The molecule has 0 saturated heterocycles. The van der Waals surface area contributed by atoms with Crippen molar-refractivity contribution in [3.63, 3.8) is 0 Å². The number of halogens is 1. The van der Waals surface area contributed by atoms with E-state index in [-0.39, 0.29) is 23.1 Å². The second kappa shape index (κ2) is 10.4. The van der Waals surface area contributed by atoms with Gasteiger partial charge in [0, 0.05) is 17.1 Å². The Balaban J connectivity index is 2.75. The molecule has 2 aromatic rings. The van der Waals surface area contributed by atoms with Gasteiger partial charge in [-0.1, -0.05) is 37.9 Å². The Morgan fingerprint density at radius 1 is 1.12 bits per heavy atom. The quantitative estimate of drug-likeness (QED) is 0.299. The van der Waals surface area contributed by atoms with Crippen LogP contribution in [0.4, 0.5) is 0 Å². The molecular weight excluding hydrogens is 460 g/mol. The summed E-state index contributed by atoms with van der Waals surface area (Å²) in [6.07, 6.45) is 0.393. The van der Waals surface area contributed by atoms with Crippen LogP contribution in [-0.4, -0.2) is 29.2 Å². The highest BCUT2D eigenvalue weighted by molar-refractivity contribution is 7.87. The summed E-state index contributed by atoms with van der Waals surface area (Å²) in [4.78, 5) is 13.8. The van der Waals surface area contributed by atoms with E-state index in [9.17, 15) is 13.2 Å². The summed E-state index contributed by atoms with van der Waals surface area (Å²) >= 11 is 6.49. The number of rotatable bonds is 9. The maximum absolute atomic E-state index is 13.8. The molecule has 1 unspecified atom stereocenters. The highest BCUT2D eigenvalue weighted by atomic mass is 35.5. The van der Waals surface area contributed by atoms with Crippen molar-refractivity contribution >= 4 is 33.1 Å². The van der Waals surface area contributed by atoms with E-state index in [4.69, 9.17) is 15.8 Å². The first kappa shape index (κ1) is 27.1. The fourth-order valence-corrected chi connectivity index (χ4v) is 4.85. The second-order valence-corrected chi connectivity index (χ2v) is 11.5. The topological polar surface area (TPSA) is 78.3 Å². The van der Waals surface area contributed by atoms with Crippen molar-refractivity contribution in [2.45, 2.75) is 80.5 Å². The highest BCUT2D eigenvalue weighted by Crippen LogP contribution is 2.35. The molecular formula is C25H35ClN2O4S. The molecule has 0 aliphatic heterocycles. The molecule has 2 rings (SSSR count). The monoisotopic (exact) mass is 494 g/mol. The number of allylic oxidation sites excluding steroid dienone is 2. The molecule has 8 heteroatoms. The minimum absolute atomic E-state index is 0.0265. The molecule has 0 N–H and O–H groups in total. The van der Waals surface area contributed by atoms with Crippen LogP contribution in [0.25, 0.3) is 5.57 Å². The molecule has 0 aliphatic carbocycles. The summed E-state index contributed by atoms with van der Waals surface area (Å²) in [5.41, 5.74) is 4.65. The van der Waals surface area contributed by atoms with Crippen molar-refractivity contribution in [3.8, 4) is 5.88 Å². The van der Waals surface area contributed by atoms with Crippen molar-refractivity contribution < 1.29 is 17.4 Å². The van der Waals surface area contributed by atoms with Crippen LogP contribution in [0, 0.1) is 19.8 Å². The fourth-order valence-electron chi connectivity index (χ4n) is 3.54. The zero-order valence-electron chi connectivity index (χ0n) is 21.0. The number of benzene rings is 1. The van der Waals surface area contributed by atoms with Gasteiger partial charge in [0.1, 0.15) is 5.56 Å². The smallest absolute Gasteiger partial charge is 0.313 e. The van der Waals surface area contributed by atoms with E-state index in [0.29, 0.717) is 29.2 Å². The summed E-state index contributed by atoms with van der Waals surface area (Å²) in [7, 11) is -3.94. The largest absolute Gasteiger partial charge is 0.361 e. The number of hydrogen-bond donors (Lipinski definition) is 0. The SMILES string of the molecule is CCC(C)S(=O)(=O)Oc1c(C(=O)c2ccc(Cl)c(C(C)=C(C)C)c2C)c(C)nn1CC(C)C. The van der Waals surface area contributed by atoms with Crippen molar-refractivity contribution in [1.29, 1.82) is 0 Å². The van der Waals surface area contributed by atoms with Gasteiger partial charge < -0.3 is 4.18 Å². The van der Waals surface area contributed by atoms with E-state index in [1.54, 1.807) is 32.9 Å². The van der Waals surface area contributed by atoms with Crippen molar-refractivity contribution in [1.82, 2.24) is 9.78 Å². The molecule has 6 nitrogen and oxygen atoms in total. The number of hydrogen-bond acceptors (Lipinski definition) is 5. The summed E-state index contributed by atoms with van der Waals surface area (Å²) in [6.45, 7) is 17.3. The molecule has 1 aromatic heterocycles. The summed E-state index contributed by atoms with van der Waals surface area (Å²) in [6, 6.07) is 3.38. The average Bonchev–Trinajstić information content (AvgIpc) is 2.99. The van der Waals surface area contributed by atoms with Crippen LogP contribution >= 0.6 is 11.6 Å². The highest BCUT2D eigenvalue weighted by Gasteiger charge is 2.31. The Labute approximate surface area is 203 Å². The van der Waals surface area contributed by atoms with Crippen LogP contribution in [0.15, 0.2) is 17.7 Å². The van der Waals surface area contributed by atoms with Gasteiger partial charge in [-0.25, -0.2) is 4.68 Å². The number of aromatic nitrogens is 2. The van der Waals surface area contributed by atoms with Gasteiger partial charge in [0.05, 0.1) is 10.9 Å². The lowest BCUT2D eigenvalue weighted by molar-refractivity contribution is 0.103. The molecule has 0 fully saturated rings. The first-order chi connectivity index (χ1) is 15.2. The predicted molar refractivity (Wildman–Crippen MR) is 135 cm³/mol. The van der Waals surface area contributed by atoms with Gasteiger partial charge in [-0.2, -0.15) is 13.5 Å². The minimum Gasteiger partial charge on any atom is -0.361 e. The third-order valence-electron chi connectivity index (χ3n) is 5.89. The van der Waals surface area contributed by atoms with Gasteiger partial charge >= 0.3 is 10.1 Å². The number of nitrogens with zero attached hydrogens (tertiary/aromatic N) is 2. The van der Waals surface area contributed by atoms with E-state index < -0.39 is 15.4 Å². The van der Waals surface area contributed by atoms with E-state index >= 15 is 0 Å². The molecule has 0 radical (unpaired) electrons. The van der Waals surface area contributed by atoms with Crippen molar-refractivity contribution in [3.05, 3.63) is 50.7 Å². The zero-order chi connectivity index (χ0) is 25.2. The lowest BCUT2D eigenvalue weighted by Gasteiger charge is -2.17. The van der Waals surface area contributed by atoms with Crippen LogP contribution in [0.3, 0.4) is 0 Å². The van der Waals surface area contributed by atoms with Gasteiger partial charge in [-0.3, -0.25) is 4.79 Å². The zero-order valence-corrected chi connectivity index (χ0v) is 22.6. The molecule has 1 atom stereocenters. The standard InChI is InChI=1S/C25H35ClN2O4S/c1-10-16(6)33(30,31)32-25-23(19(9)27-28(25)13-14(2)3)24(29)20-11-12-21(26)22(18(20)8)17(7)15(4)5/h11-12,14,16H,10,13H2,1-9H3. The lowest BCUT2D eigenvalue weighted by Crippen LogP contribution is -2.25. The normalized spacial score (nSPS) is 12.7. The van der Waals surface area contributed by atoms with Crippen LogP contribution in [0.5, 0.6) is 5.88 Å². The molecule has 0 amide bonds. The van der Waals surface area contributed by atoms with Crippen molar-refractivity contribution in [2.24, 2.45) is 5.92 Å². The number of aryl methyl sites for hydroxylation is 1. The maximum atomic E-state index is 13.8. The Morgan fingerprint density at radius 3 is 2.24 bits per heavy atom. The molecule has 1 heterocycles. The Hall–Kier alpha value is -2.12. The molecule has 0 bridgehead atoms. The molecule has 33 heavy (non-hydrogen) atoms. The van der Waals surface area contributed by atoms with E-state index in [2.05, 4.69) is 5.10 Å². The van der Waals surface area contributed by atoms with Gasteiger partial charge in [0.25, 0.3) is 0 Å². The van der Waals surface area contributed by atoms with Crippen LogP contribution in [-0.2, 0) is 16.7 Å². The molecule has 0 spiro atoms. The number of carbonyl (C=O) groups excluding carboxylic acids is 1. The second-order valence-electron chi connectivity index (χ2n) is 9.19. The Morgan fingerprint density at radius 2 is 1.73 bits per heavy atom. The molecule has 0 aliphatic rings. The van der Waals surface area contributed by atoms with Crippen LogP contribution in [0.1, 0.15) is 87.6 Å². The van der Waals surface area contributed by atoms with Gasteiger partial charge in [-0.15, -0.1) is 0 Å². The first-order valence-electron chi connectivity index (χ1n) is 11.2. The summed E-state index contributed by atoms with van der Waals surface area (Å²) in [5.74, 6) is -0.194. The van der Waals surface area contributed by atoms with Crippen molar-refractivity contribution in [2.75, 3.05) is 0 Å². The van der Waals surface area contributed by atoms with E-state index in [1.807, 2.05) is 41.5 Å². The Kier molecular flexibility index (Phi) is 8.57.